The van der Waals surface area contributed by atoms with Crippen LogP contribution in [0.5, 0.6) is 5.75 Å². The van der Waals surface area contributed by atoms with Gasteiger partial charge >= 0.3 is 0 Å². The third kappa shape index (κ3) is 3.89. The second kappa shape index (κ2) is 8.35. The third-order valence-electron chi connectivity index (χ3n) is 5.93. The SMILES string of the molecule is COc1cccc(C(=O)N2CCN3C[C@H](c4ccc(F)c(Cl)c4)OC[C@@]3(C)C2)c1Cl. The summed E-state index contributed by atoms with van der Waals surface area (Å²) in [6, 6.07) is 9.90. The second-order valence-corrected chi connectivity index (χ2v) is 8.75. The van der Waals surface area contributed by atoms with Gasteiger partial charge in [-0.2, -0.15) is 0 Å². The number of methoxy groups -OCH3 is 1. The van der Waals surface area contributed by atoms with E-state index in [9.17, 15) is 9.18 Å². The first kappa shape index (κ1) is 21.4. The second-order valence-electron chi connectivity index (χ2n) is 7.96. The Bertz CT molecular complexity index is 973. The van der Waals surface area contributed by atoms with Crippen molar-refractivity contribution in [2.24, 2.45) is 0 Å². The van der Waals surface area contributed by atoms with Gasteiger partial charge < -0.3 is 14.4 Å². The molecular formula is C22H23Cl2FN2O3. The Balaban J connectivity index is 1.48. The fourth-order valence-corrected chi connectivity index (χ4v) is 4.65. The molecule has 2 fully saturated rings. The molecule has 160 valence electrons. The maximum Gasteiger partial charge on any atom is 0.255 e. The van der Waals surface area contributed by atoms with Gasteiger partial charge in [-0.3, -0.25) is 9.69 Å². The lowest BCUT2D eigenvalue weighted by atomic mass is 9.92. The lowest BCUT2D eigenvalue weighted by Gasteiger charge is -2.53. The lowest BCUT2D eigenvalue weighted by molar-refractivity contribution is -0.130. The van der Waals surface area contributed by atoms with Crippen LogP contribution >= 0.6 is 23.2 Å². The zero-order valence-electron chi connectivity index (χ0n) is 16.8. The molecule has 2 aromatic rings. The number of rotatable bonds is 3. The first-order valence-electron chi connectivity index (χ1n) is 9.76. The number of nitrogens with zero attached hydrogens (tertiary/aromatic N) is 2. The van der Waals surface area contributed by atoms with E-state index in [0.717, 1.165) is 5.56 Å². The van der Waals surface area contributed by atoms with E-state index in [1.165, 1.54) is 13.2 Å². The summed E-state index contributed by atoms with van der Waals surface area (Å²) in [4.78, 5) is 17.3. The molecular weight excluding hydrogens is 430 g/mol. The molecule has 2 aliphatic rings. The highest BCUT2D eigenvalue weighted by Crippen LogP contribution is 2.35. The summed E-state index contributed by atoms with van der Waals surface area (Å²) in [6.07, 6.45) is -0.189. The summed E-state index contributed by atoms with van der Waals surface area (Å²) in [5.74, 6) is -0.0780. The molecule has 0 N–H and O–H groups in total. The molecule has 4 rings (SSSR count). The van der Waals surface area contributed by atoms with Crippen LogP contribution in [0.2, 0.25) is 10.0 Å². The van der Waals surface area contributed by atoms with E-state index in [1.54, 1.807) is 30.3 Å². The Kier molecular flexibility index (Phi) is 5.95. The van der Waals surface area contributed by atoms with E-state index < -0.39 is 5.82 Å². The lowest BCUT2D eigenvalue weighted by Crippen LogP contribution is -2.66. The smallest absolute Gasteiger partial charge is 0.255 e. The van der Waals surface area contributed by atoms with Crippen LogP contribution in [0.4, 0.5) is 4.39 Å². The van der Waals surface area contributed by atoms with Crippen molar-refractivity contribution >= 4 is 29.1 Å². The maximum absolute atomic E-state index is 13.5. The quantitative estimate of drug-likeness (QED) is 0.690. The summed E-state index contributed by atoms with van der Waals surface area (Å²) < 4.78 is 24.8. The summed E-state index contributed by atoms with van der Waals surface area (Å²) in [6.45, 7) is 5.00. The van der Waals surface area contributed by atoms with Crippen LogP contribution in [-0.4, -0.2) is 61.1 Å². The van der Waals surface area contributed by atoms with E-state index >= 15 is 0 Å². The number of hydrogen-bond acceptors (Lipinski definition) is 4. The van der Waals surface area contributed by atoms with Gasteiger partial charge in [-0.05, 0) is 36.8 Å². The number of piperazine rings is 1. The highest BCUT2D eigenvalue weighted by Gasteiger charge is 2.44. The number of amides is 1. The first-order valence-corrected chi connectivity index (χ1v) is 10.5. The van der Waals surface area contributed by atoms with Crippen LogP contribution in [0.1, 0.15) is 28.9 Å². The number of benzene rings is 2. The van der Waals surface area contributed by atoms with Gasteiger partial charge in [0.15, 0.2) is 0 Å². The fourth-order valence-electron chi connectivity index (χ4n) is 4.17. The number of halogens is 3. The highest BCUT2D eigenvalue weighted by molar-refractivity contribution is 6.35. The molecule has 8 heteroatoms. The van der Waals surface area contributed by atoms with Crippen molar-refractivity contribution in [3.8, 4) is 5.75 Å². The molecule has 30 heavy (non-hydrogen) atoms. The Morgan fingerprint density at radius 1 is 1.27 bits per heavy atom. The van der Waals surface area contributed by atoms with Crippen molar-refractivity contribution in [2.45, 2.75) is 18.6 Å². The molecule has 0 bridgehead atoms. The summed E-state index contributed by atoms with van der Waals surface area (Å²) in [5, 5.41) is 0.417. The maximum atomic E-state index is 13.5. The molecule has 0 aromatic heterocycles. The number of morpholine rings is 1. The first-order chi connectivity index (χ1) is 14.3. The molecule has 2 saturated heterocycles. The van der Waals surface area contributed by atoms with Crippen LogP contribution in [0.25, 0.3) is 0 Å². The normalized spacial score (nSPS) is 24.4. The number of ether oxygens (including phenoxy) is 2. The van der Waals surface area contributed by atoms with Gasteiger partial charge in [0.1, 0.15) is 11.6 Å². The minimum Gasteiger partial charge on any atom is -0.495 e. The topological polar surface area (TPSA) is 42.0 Å². The number of hydrogen-bond donors (Lipinski definition) is 0. The fraction of sp³-hybridized carbons (Fsp3) is 0.409. The monoisotopic (exact) mass is 452 g/mol. The minimum atomic E-state index is -0.440. The summed E-state index contributed by atoms with van der Waals surface area (Å²) >= 11 is 12.3. The van der Waals surface area contributed by atoms with Gasteiger partial charge in [-0.25, -0.2) is 4.39 Å². The van der Waals surface area contributed by atoms with Crippen LogP contribution in [0, 0.1) is 5.82 Å². The molecule has 1 amide bonds. The average molecular weight is 453 g/mol. The van der Waals surface area contributed by atoms with Gasteiger partial charge in [-0.1, -0.05) is 35.3 Å². The molecule has 0 aliphatic carbocycles. The number of carbonyl (C=O) groups excluding carboxylic acids is 1. The van der Waals surface area contributed by atoms with Gasteiger partial charge in [-0.15, -0.1) is 0 Å². The molecule has 0 saturated carbocycles. The number of fused-ring (bicyclic) bond motifs is 1. The van der Waals surface area contributed by atoms with Crippen molar-refractivity contribution < 1.29 is 18.7 Å². The average Bonchev–Trinajstić information content (AvgIpc) is 2.74. The van der Waals surface area contributed by atoms with Crippen LogP contribution in [-0.2, 0) is 4.74 Å². The molecule has 2 aliphatic heterocycles. The molecule has 0 spiro atoms. The van der Waals surface area contributed by atoms with Gasteiger partial charge in [0.25, 0.3) is 5.91 Å². The Hall–Kier alpha value is -1.86. The van der Waals surface area contributed by atoms with Gasteiger partial charge in [0.2, 0.25) is 0 Å². The van der Waals surface area contributed by atoms with Crippen molar-refractivity contribution in [1.82, 2.24) is 9.80 Å². The van der Waals surface area contributed by atoms with Crippen molar-refractivity contribution in [3.05, 3.63) is 63.4 Å². The highest BCUT2D eigenvalue weighted by atomic mass is 35.5. The molecule has 0 radical (unpaired) electrons. The van der Waals surface area contributed by atoms with Crippen LogP contribution in [0.3, 0.4) is 0 Å². The Morgan fingerprint density at radius 2 is 2.07 bits per heavy atom. The predicted molar refractivity (Wildman–Crippen MR) is 114 cm³/mol. The van der Waals surface area contributed by atoms with Gasteiger partial charge in [0.05, 0.1) is 41.0 Å². The van der Waals surface area contributed by atoms with Crippen molar-refractivity contribution in [3.63, 3.8) is 0 Å². The van der Waals surface area contributed by atoms with E-state index in [1.807, 2.05) is 4.90 Å². The Morgan fingerprint density at radius 3 is 2.80 bits per heavy atom. The molecule has 2 atom stereocenters. The van der Waals surface area contributed by atoms with Crippen molar-refractivity contribution in [1.29, 1.82) is 0 Å². The van der Waals surface area contributed by atoms with Crippen molar-refractivity contribution in [2.75, 3.05) is 39.9 Å². The van der Waals surface area contributed by atoms with E-state index in [-0.39, 0.29) is 22.6 Å². The molecule has 0 unspecified atom stereocenters. The van der Waals surface area contributed by atoms with Crippen LogP contribution in [0.15, 0.2) is 36.4 Å². The molecule has 2 aromatic carbocycles. The van der Waals surface area contributed by atoms with E-state index in [0.29, 0.717) is 49.1 Å². The summed E-state index contributed by atoms with van der Waals surface area (Å²) in [5.41, 5.74) is 0.966. The minimum absolute atomic E-state index is 0.0926. The largest absolute Gasteiger partial charge is 0.495 e. The predicted octanol–water partition coefficient (Wildman–Crippen LogP) is 4.43. The molecule has 5 nitrogen and oxygen atoms in total. The van der Waals surface area contributed by atoms with E-state index in [2.05, 4.69) is 11.8 Å². The Labute approximate surface area is 185 Å². The summed E-state index contributed by atoms with van der Waals surface area (Å²) in [7, 11) is 1.53. The van der Waals surface area contributed by atoms with Crippen LogP contribution < -0.4 is 4.74 Å². The van der Waals surface area contributed by atoms with E-state index in [4.69, 9.17) is 32.7 Å². The zero-order chi connectivity index (χ0) is 21.5. The zero-order valence-corrected chi connectivity index (χ0v) is 18.3. The standard InChI is InChI=1S/C22H23Cl2FN2O3/c1-22-12-26(21(28)15-4-3-5-18(29-2)20(15)24)8-9-27(22)11-19(30-13-22)14-6-7-17(25)16(23)10-14/h3-7,10,19H,8-9,11-13H2,1-2H3/t19-,22-/m1/s1. The third-order valence-corrected chi connectivity index (χ3v) is 6.61. The molecule has 2 heterocycles. The van der Waals surface area contributed by atoms with Gasteiger partial charge in [0, 0.05) is 26.2 Å². The number of carbonyl (C=O) groups is 1.